The van der Waals surface area contributed by atoms with Crippen molar-refractivity contribution in [3.05, 3.63) is 78.4 Å². The monoisotopic (exact) mass is 384 g/mol. The summed E-state index contributed by atoms with van der Waals surface area (Å²) in [5, 5.41) is 0. The normalized spacial score (nSPS) is 11.6. The van der Waals surface area contributed by atoms with Gasteiger partial charge in [0.05, 0.1) is 6.33 Å². The highest BCUT2D eigenvalue weighted by Gasteiger charge is 2.08. The minimum Gasteiger partial charge on any atom is -0.348 e. The van der Waals surface area contributed by atoms with Crippen LogP contribution < -0.4 is 9.44 Å². The molecule has 0 radical (unpaired) electrons. The first kappa shape index (κ1) is 19.3. The van der Waals surface area contributed by atoms with Crippen LogP contribution >= 0.6 is 0 Å². The fraction of sp³-hybridized carbons (Fsp3) is 0.250. The minimum atomic E-state index is -3.50. The summed E-state index contributed by atoms with van der Waals surface area (Å²) < 4.78 is 29.3. The van der Waals surface area contributed by atoms with Gasteiger partial charge >= 0.3 is 0 Å². The summed E-state index contributed by atoms with van der Waals surface area (Å²) in [4.78, 5) is 6.99. The van der Waals surface area contributed by atoms with Gasteiger partial charge in [-0.15, -0.1) is 0 Å². The molecule has 0 saturated carbocycles. The molecule has 0 bridgehead atoms. The molecular weight excluding hydrogens is 360 g/mol. The quantitative estimate of drug-likeness (QED) is 0.470. The topological polar surface area (TPSA) is 86.9 Å². The predicted molar refractivity (Wildman–Crippen MR) is 107 cm³/mol. The van der Waals surface area contributed by atoms with E-state index in [1.165, 1.54) is 0 Å². The first-order valence-corrected chi connectivity index (χ1v) is 10.5. The van der Waals surface area contributed by atoms with Crippen LogP contribution in [0.4, 0.5) is 0 Å². The van der Waals surface area contributed by atoms with Crippen LogP contribution in [0.5, 0.6) is 0 Å². The summed E-state index contributed by atoms with van der Waals surface area (Å²) in [7, 11) is -3.50. The van der Waals surface area contributed by atoms with Gasteiger partial charge in [0, 0.05) is 25.0 Å². The molecule has 3 rings (SSSR count). The molecule has 0 unspecified atom stereocenters. The number of hydrogen-bond donors (Lipinski definition) is 3. The molecule has 0 saturated heterocycles. The van der Waals surface area contributed by atoms with Gasteiger partial charge in [0.2, 0.25) is 0 Å². The van der Waals surface area contributed by atoms with Gasteiger partial charge in [-0.05, 0) is 36.0 Å². The van der Waals surface area contributed by atoms with Crippen molar-refractivity contribution in [1.82, 2.24) is 19.4 Å². The van der Waals surface area contributed by atoms with Crippen LogP contribution in [0.15, 0.2) is 67.1 Å². The summed E-state index contributed by atoms with van der Waals surface area (Å²) in [5.74, 6) is 0. The maximum atomic E-state index is 12.0. The number of hydrogen-bond acceptors (Lipinski definition) is 3. The summed E-state index contributed by atoms with van der Waals surface area (Å²) in [5.41, 5.74) is 4.23. The van der Waals surface area contributed by atoms with Gasteiger partial charge in [-0.25, -0.2) is 9.71 Å². The molecule has 0 atom stereocenters. The molecule has 1 aromatic heterocycles. The number of aryl methyl sites for hydroxylation is 1. The van der Waals surface area contributed by atoms with Crippen LogP contribution in [0, 0.1) is 0 Å². The van der Waals surface area contributed by atoms with E-state index >= 15 is 0 Å². The number of nitrogens with one attached hydrogen (secondary N) is 3. The van der Waals surface area contributed by atoms with E-state index in [2.05, 4.69) is 19.4 Å². The lowest BCUT2D eigenvalue weighted by molar-refractivity contribution is 0.561. The second kappa shape index (κ2) is 9.45. The largest absolute Gasteiger partial charge is 0.348 e. The number of aromatic amines is 1. The Hall–Kier alpha value is -2.48. The second-order valence-electron chi connectivity index (χ2n) is 6.32. The Morgan fingerprint density at radius 1 is 0.889 bits per heavy atom. The van der Waals surface area contributed by atoms with Crippen molar-refractivity contribution in [2.45, 2.75) is 25.8 Å². The number of nitrogens with zero attached hydrogens (tertiary/aromatic N) is 1. The van der Waals surface area contributed by atoms with E-state index in [1.807, 2.05) is 54.6 Å². The van der Waals surface area contributed by atoms with E-state index in [1.54, 1.807) is 12.5 Å². The van der Waals surface area contributed by atoms with Crippen molar-refractivity contribution in [2.75, 3.05) is 6.54 Å². The summed E-state index contributed by atoms with van der Waals surface area (Å²) in [6.45, 7) is 0.676. The molecule has 27 heavy (non-hydrogen) atoms. The Balaban J connectivity index is 1.40. The molecule has 3 N–H and O–H groups in total. The number of aromatic nitrogens is 2. The average molecular weight is 385 g/mol. The molecule has 6 nitrogen and oxygen atoms in total. The molecule has 0 spiro atoms. The lowest BCUT2D eigenvalue weighted by atomic mass is 10.0. The van der Waals surface area contributed by atoms with E-state index in [0.717, 1.165) is 41.6 Å². The van der Waals surface area contributed by atoms with Gasteiger partial charge < -0.3 is 4.98 Å². The number of unbranched alkanes of at least 4 members (excludes halogenated alkanes) is 1. The smallest absolute Gasteiger partial charge is 0.277 e. The lowest BCUT2D eigenvalue weighted by Crippen LogP contribution is -2.36. The van der Waals surface area contributed by atoms with Crippen molar-refractivity contribution in [1.29, 1.82) is 0 Å². The first-order valence-electron chi connectivity index (χ1n) is 8.98. The van der Waals surface area contributed by atoms with Crippen LogP contribution in [-0.4, -0.2) is 24.9 Å². The molecule has 0 fully saturated rings. The van der Waals surface area contributed by atoms with Gasteiger partial charge in [0.25, 0.3) is 10.2 Å². The molecule has 0 aliphatic rings. The molecule has 3 aromatic rings. The Labute approximate surface area is 160 Å². The average Bonchev–Trinajstić information content (AvgIpc) is 3.21. The molecular formula is C20H24N4O2S. The molecule has 7 heteroatoms. The zero-order valence-electron chi connectivity index (χ0n) is 15.1. The Morgan fingerprint density at radius 3 is 2.33 bits per heavy atom. The van der Waals surface area contributed by atoms with Crippen molar-refractivity contribution in [3.63, 3.8) is 0 Å². The molecule has 2 aromatic carbocycles. The minimum absolute atomic E-state index is 0.262. The SMILES string of the molecule is O=S(=O)(NCCCCc1cnc[nH]1)NCc1ccc(-c2ccccc2)cc1. The van der Waals surface area contributed by atoms with Gasteiger partial charge in [0.15, 0.2) is 0 Å². The van der Waals surface area contributed by atoms with Crippen LogP contribution in [0.3, 0.4) is 0 Å². The van der Waals surface area contributed by atoms with E-state index in [4.69, 9.17) is 0 Å². The summed E-state index contributed by atoms with van der Waals surface area (Å²) in [6.07, 6.45) is 5.96. The van der Waals surface area contributed by atoms with E-state index in [0.29, 0.717) is 6.54 Å². The van der Waals surface area contributed by atoms with Crippen molar-refractivity contribution in [3.8, 4) is 11.1 Å². The zero-order valence-corrected chi connectivity index (χ0v) is 15.9. The standard InChI is InChI=1S/C20H24N4O2S/c25-27(26,23-13-5-4-8-20-15-21-16-22-20)24-14-17-9-11-19(12-10-17)18-6-2-1-3-7-18/h1-3,6-7,9-12,15-16,23-24H,4-5,8,13-14H2,(H,21,22). The second-order valence-corrected chi connectivity index (χ2v) is 7.90. The van der Waals surface area contributed by atoms with E-state index < -0.39 is 10.2 Å². The summed E-state index contributed by atoms with van der Waals surface area (Å²) >= 11 is 0. The van der Waals surface area contributed by atoms with Gasteiger partial charge in [0.1, 0.15) is 0 Å². The Morgan fingerprint density at radius 2 is 1.63 bits per heavy atom. The fourth-order valence-electron chi connectivity index (χ4n) is 2.74. The molecule has 0 amide bonds. The van der Waals surface area contributed by atoms with Crippen LogP contribution in [0.1, 0.15) is 24.1 Å². The maximum absolute atomic E-state index is 12.0. The van der Waals surface area contributed by atoms with Crippen LogP contribution in [0.2, 0.25) is 0 Å². The third kappa shape index (κ3) is 6.32. The van der Waals surface area contributed by atoms with Crippen molar-refractivity contribution in [2.24, 2.45) is 0 Å². The van der Waals surface area contributed by atoms with Gasteiger partial charge in [-0.1, -0.05) is 54.6 Å². The van der Waals surface area contributed by atoms with E-state index in [-0.39, 0.29) is 6.54 Å². The predicted octanol–water partition coefficient (Wildman–Crippen LogP) is 3.02. The Bertz CT molecular complexity index is 908. The lowest BCUT2D eigenvalue weighted by Gasteiger charge is -2.09. The molecule has 0 aliphatic carbocycles. The highest BCUT2D eigenvalue weighted by Crippen LogP contribution is 2.19. The number of rotatable bonds is 10. The van der Waals surface area contributed by atoms with E-state index in [9.17, 15) is 8.42 Å². The third-order valence-electron chi connectivity index (χ3n) is 4.25. The zero-order chi connectivity index (χ0) is 19.0. The highest BCUT2D eigenvalue weighted by atomic mass is 32.2. The number of H-pyrrole nitrogens is 1. The molecule has 1 heterocycles. The number of benzene rings is 2. The first-order chi connectivity index (χ1) is 13.1. The number of imidazole rings is 1. The fourth-order valence-corrected chi connectivity index (χ4v) is 3.62. The van der Waals surface area contributed by atoms with Crippen molar-refractivity contribution >= 4 is 10.2 Å². The Kier molecular flexibility index (Phi) is 6.75. The molecule has 142 valence electrons. The third-order valence-corrected chi connectivity index (χ3v) is 5.36. The van der Waals surface area contributed by atoms with Gasteiger partial charge in [-0.2, -0.15) is 13.1 Å². The van der Waals surface area contributed by atoms with Crippen molar-refractivity contribution < 1.29 is 8.42 Å². The maximum Gasteiger partial charge on any atom is 0.277 e. The van der Waals surface area contributed by atoms with Crippen LogP contribution in [0.25, 0.3) is 11.1 Å². The summed E-state index contributed by atoms with van der Waals surface area (Å²) in [6, 6.07) is 18.0. The molecule has 0 aliphatic heterocycles. The van der Waals surface area contributed by atoms with Crippen LogP contribution in [-0.2, 0) is 23.2 Å². The van der Waals surface area contributed by atoms with Gasteiger partial charge in [-0.3, -0.25) is 0 Å². The highest BCUT2D eigenvalue weighted by molar-refractivity contribution is 7.87.